The van der Waals surface area contributed by atoms with Crippen LogP contribution in [0.5, 0.6) is 0 Å². The first-order chi connectivity index (χ1) is 11.3. The Hall–Kier alpha value is -1.68. The zero-order valence-electron chi connectivity index (χ0n) is 13.9. The van der Waals surface area contributed by atoms with Gasteiger partial charge in [0.05, 0.1) is 6.61 Å². The molecule has 0 aliphatic heterocycles. The molecule has 0 radical (unpaired) electrons. The summed E-state index contributed by atoms with van der Waals surface area (Å²) in [5.41, 5.74) is 8.13. The standard InChI is InChI=1S/C20H28N2O/c1-17(21)9-8-14-22-15-16-23-20(18-10-4-2-5-11-18)19-12-6-3-7-13-19/h2-7,10-13,17,20,22H,8-9,14-16,21H2,1H3. The highest BCUT2D eigenvalue weighted by molar-refractivity contribution is 5.29. The Balaban J connectivity index is 1.82. The molecule has 1 unspecified atom stereocenters. The lowest BCUT2D eigenvalue weighted by Gasteiger charge is -2.19. The van der Waals surface area contributed by atoms with Gasteiger partial charge in [0.15, 0.2) is 0 Å². The molecule has 2 aromatic carbocycles. The fraction of sp³-hybridized carbons (Fsp3) is 0.400. The number of hydrogen-bond acceptors (Lipinski definition) is 3. The summed E-state index contributed by atoms with van der Waals surface area (Å²) >= 11 is 0. The molecule has 0 aromatic heterocycles. The van der Waals surface area contributed by atoms with E-state index in [-0.39, 0.29) is 12.1 Å². The first-order valence-electron chi connectivity index (χ1n) is 8.45. The molecular formula is C20H28N2O. The quantitative estimate of drug-likeness (QED) is 0.660. The molecule has 0 aliphatic rings. The molecule has 0 bridgehead atoms. The molecule has 2 rings (SSSR count). The molecule has 0 saturated carbocycles. The predicted molar refractivity (Wildman–Crippen MR) is 96.4 cm³/mol. The summed E-state index contributed by atoms with van der Waals surface area (Å²) in [4.78, 5) is 0. The van der Waals surface area contributed by atoms with Gasteiger partial charge in [-0.15, -0.1) is 0 Å². The van der Waals surface area contributed by atoms with E-state index in [0.717, 1.165) is 25.9 Å². The molecule has 2 aromatic rings. The zero-order chi connectivity index (χ0) is 16.3. The molecule has 0 amide bonds. The van der Waals surface area contributed by atoms with Crippen molar-refractivity contribution in [3.05, 3.63) is 71.8 Å². The predicted octanol–water partition coefficient (Wildman–Crippen LogP) is 3.51. The fourth-order valence-electron chi connectivity index (χ4n) is 2.56. The van der Waals surface area contributed by atoms with Crippen molar-refractivity contribution in [2.45, 2.75) is 31.9 Å². The minimum Gasteiger partial charge on any atom is -0.367 e. The third kappa shape index (κ3) is 6.53. The number of nitrogens with two attached hydrogens (primary N) is 1. The van der Waals surface area contributed by atoms with E-state index in [1.165, 1.54) is 11.1 Å². The van der Waals surface area contributed by atoms with Crippen molar-refractivity contribution in [1.82, 2.24) is 5.32 Å². The van der Waals surface area contributed by atoms with Gasteiger partial charge >= 0.3 is 0 Å². The minimum absolute atomic E-state index is 0.0109. The van der Waals surface area contributed by atoms with Gasteiger partial charge < -0.3 is 15.8 Å². The van der Waals surface area contributed by atoms with E-state index < -0.39 is 0 Å². The van der Waals surface area contributed by atoms with Crippen LogP contribution in [0.2, 0.25) is 0 Å². The Morgan fingerprint density at radius 1 is 0.913 bits per heavy atom. The van der Waals surface area contributed by atoms with E-state index in [4.69, 9.17) is 10.5 Å². The van der Waals surface area contributed by atoms with E-state index in [9.17, 15) is 0 Å². The molecule has 0 saturated heterocycles. The molecule has 1 atom stereocenters. The van der Waals surface area contributed by atoms with Crippen LogP contribution in [0.3, 0.4) is 0 Å². The second-order valence-corrected chi connectivity index (χ2v) is 5.94. The van der Waals surface area contributed by atoms with Gasteiger partial charge in [-0.1, -0.05) is 60.7 Å². The van der Waals surface area contributed by atoms with Crippen molar-refractivity contribution in [2.75, 3.05) is 19.7 Å². The van der Waals surface area contributed by atoms with Crippen molar-refractivity contribution in [3.8, 4) is 0 Å². The molecular weight excluding hydrogens is 284 g/mol. The van der Waals surface area contributed by atoms with Crippen LogP contribution in [0.15, 0.2) is 60.7 Å². The van der Waals surface area contributed by atoms with Gasteiger partial charge in [-0.3, -0.25) is 0 Å². The SMILES string of the molecule is CC(N)CCCNCCOC(c1ccccc1)c1ccccc1. The Bertz CT molecular complexity index is 488. The van der Waals surface area contributed by atoms with Crippen LogP contribution in [0, 0.1) is 0 Å². The van der Waals surface area contributed by atoms with Crippen LogP contribution in [0.25, 0.3) is 0 Å². The largest absolute Gasteiger partial charge is 0.367 e. The molecule has 0 heterocycles. The number of nitrogens with one attached hydrogen (secondary N) is 1. The summed E-state index contributed by atoms with van der Waals surface area (Å²) in [5, 5.41) is 3.42. The summed E-state index contributed by atoms with van der Waals surface area (Å²) in [6.45, 7) is 4.58. The van der Waals surface area contributed by atoms with Crippen LogP contribution >= 0.6 is 0 Å². The molecule has 0 fully saturated rings. The average Bonchev–Trinajstić information content (AvgIpc) is 2.59. The summed E-state index contributed by atoms with van der Waals surface area (Å²) in [5.74, 6) is 0. The molecule has 124 valence electrons. The first kappa shape index (κ1) is 17.7. The average molecular weight is 312 g/mol. The summed E-state index contributed by atoms with van der Waals surface area (Å²) in [6.07, 6.45) is 2.16. The van der Waals surface area contributed by atoms with Gasteiger partial charge in [-0.2, -0.15) is 0 Å². The van der Waals surface area contributed by atoms with Gasteiger partial charge in [0, 0.05) is 12.6 Å². The summed E-state index contributed by atoms with van der Waals surface area (Å²) < 4.78 is 6.15. The van der Waals surface area contributed by atoms with Gasteiger partial charge in [-0.05, 0) is 37.4 Å². The topological polar surface area (TPSA) is 47.3 Å². The zero-order valence-corrected chi connectivity index (χ0v) is 13.9. The van der Waals surface area contributed by atoms with Crippen LogP contribution in [0.1, 0.15) is 37.0 Å². The number of hydrogen-bond donors (Lipinski definition) is 2. The second-order valence-electron chi connectivity index (χ2n) is 5.94. The lowest BCUT2D eigenvalue weighted by Crippen LogP contribution is -2.24. The molecule has 3 heteroatoms. The monoisotopic (exact) mass is 312 g/mol. The third-order valence-corrected chi connectivity index (χ3v) is 3.78. The van der Waals surface area contributed by atoms with Gasteiger partial charge in [0.25, 0.3) is 0 Å². The fourth-order valence-corrected chi connectivity index (χ4v) is 2.56. The van der Waals surface area contributed by atoms with Crippen molar-refractivity contribution in [1.29, 1.82) is 0 Å². The number of ether oxygens (including phenoxy) is 1. The van der Waals surface area contributed by atoms with E-state index in [1.807, 2.05) is 19.1 Å². The van der Waals surface area contributed by atoms with Crippen LogP contribution < -0.4 is 11.1 Å². The maximum atomic E-state index is 6.15. The highest BCUT2D eigenvalue weighted by atomic mass is 16.5. The minimum atomic E-state index is -0.0109. The van der Waals surface area contributed by atoms with E-state index >= 15 is 0 Å². The molecule has 23 heavy (non-hydrogen) atoms. The smallest absolute Gasteiger partial charge is 0.108 e. The normalized spacial score (nSPS) is 12.5. The Labute approximate surface area is 139 Å². The van der Waals surface area contributed by atoms with Crippen molar-refractivity contribution < 1.29 is 4.74 Å². The molecule has 0 spiro atoms. The lowest BCUT2D eigenvalue weighted by atomic mass is 10.0. The molecule has 0 aliphatic carbocycles. The lowest BCUT2D eigenvalue weighted by molar-refractivity contribution is 0.0821. The van der Waals surface area contributed by atoms with Gasteiger partial charge in [-0.25, -0.2) is 0 Å². The van der Waals surface area contributed by atoms with E-state index in [1.54, 1.807) is 0 Å². The highest BCUT2D eigenvalue weighted by Gasteiger charge is 2.13. The van der Waals surface area contributed by atoms with Crippen molar-refractivity contribution in [2.24, 2.45) is 5.73 Å². The third-order valence-electron chi connectivity index (χ3n) is 3.78. The summed E-state index contributed by atoms with van der Waals surface area (Å²) in [6, 6.07) is 21.1. The van der Waals surface area contributed by atoms with Crippen LogP contribution in [0.4, 0.5) is 0 Å². The number of rotatable bonds is 10. The summed E-state index contributed by atoms with van der Waals surface area (Å²) in [7, 11) is 0. The number of benzene rings is 2. The van der Waals surface area contributed by atoms with Gasteiger partial charge in [0.1, 0.15) is 6.10 Å². The molecule has 3 nitrogen and oxygen atoms in total. The van der Waals surface area contributed by atoms with E-state index in [2.05, 4.69) is 53.8 Å². The Morgan fingerprint density at radius 2 is 1.48 bits per heavy atom. The Kier molecular flexibility index (Phi) is 7.81. The maximum absolute atomic E-state index is 6.15. The Morgan fingerprint density at radius 3 is 2.00 bits per heavy atom. The van der Waals surface area contributed by atoms with Crippen LogP contribution in [-0.2, 0) is 4.74 Å². The second kappa shape index (κ2) is 10.2. The van der Waals surface area contributed by atoms with Crippen molar-refractivity contribution in [3.63, 3.8) is 0 Å². The first-order valence-corrected chi connectivity index (χ1v) is 8.45. The van der Waals surface area contributed by atoms with Crippen molar-refractivity contribution >= 4 is 0 Å². The van der Waals surface area contributed by atoms with E-state index in [0.29, 0.717) is 6.61 Å². The highest BCUT2D eigenvalue weighted by Crippen LogP contribution is 2.25. The van der Waals surface area contributed by atoms with Gasteiger partial charge in [0.2, 0.25) is 0 Å². The molecule has 3 N–H and O–H groups in total. The maximum Gasteiger partial charge on any atom is 0.108 e. The van der Waals surface area contributed by atoms with Crippen LogP contribution in [-0.4, -0.2) is 25.7 Å².